The van der Waals surface area contributed by atoms with Crippen LogP contribution in [0.15, 0.2) is 30.3 Å². The van der Waals surface area contributed by atoms with E-state index in [0.717, 1.165) is 16.8 Å². The predicted octanol–water partition coefficient (Wildman–Crippen LogP) is 3.60. The lowest BCUT2D eigenvalue weighted by molar-refractivity contribution is 0.0435. The number of nitrogens with one attached hydrogen (secondary N) is 1. The first-order valence-corrected chi connectivity index (χ1v) is 7.34. The van der Waals surface area contributed by atoms with Crippen LogP contribution in [-0.4, -0.2) is 20.2 Å². The Balaban J connectivity index is 1.99. The van der Waals surface area contributed by atoms with Gasteiger partial charge in [-0.05, 0) is 37.6 Å². The fourth-order valence-corrected chi connectivity index (χ4v) is 2.82. The largest absolute Gasteiger partial charge is 0.493 e. The number of anilines is 1. The van der Waals surface area contributed by atoms with Crippen molar-refractivity contribution in [2.75, 3.05) is 19.5 Å². The highest BCUT2D eigenvalue weighted by Gasteiger charge is 2.36. The molecule has 2 aromatic carbocycles. The van der Waals surface area contributed by atoms with Crippen molar-refractivity contribution < 1.29 is 19.0 Å². The van der Waals surface area contributed by atoms with E-state index in [9.17, 15) is 4.79 Å². The standard InChI is InChI=1S/C18H19NO4/c1-10-5-7-13(11(2)9-10)19-17-12-6-8-14(21-3)16(22-4)15(12)18(20)23-17/h5-9,17,19H,1-4H3/t17-/m1/s1. The molecule has 1 N–H and O–H groups in total. The molecule has 1 aliphatic rings. The number of cyclic esters (lactones) is 1. The van der Waals surface area contributed by atoms with Crippen LogP contribution in [0.2, 0.25) is 0 Å². The zero-order chi connectivity index (χ0) is 16.6. The number of carbonyl (C=O) groups is 1. The topological polar surface area (TPSA) is 56.8 Å². The highest BCUT2D eigenvalue weighted by atomic mass is 16.6. The van der Waals surface area contributed by atoms with Crippen LogP contribution in [0.4, 0.5) is 5.69 Å². The Morgan fingerprint density at radius 3 is 2.52 bits per heavy atom. The van der Waals surface area contributed by atoms with E-state index in [0.29, 0.717) is 17.1 Å². The van der Waals surface area contributed by atoms with Crippen molar-refractivity contribution in [3.8, 4) is 11.5 Å². The van der Waals surface area contributed by atoms with Crippen molar-refractivity contribution in [2.45, 2.75) is 20.1 Å². The van der Waals surface area contributed by atoms with Crippen molar-refractivity contribution in [1.82, 2.24) is 0 Å². The summed E-state index contributed by atoms with van der Waals surface area (Å²) in [4.78, 5) is 12.3. The molecule has 0 fully saturated rings. The van der Waals surface area contributed by atoms with Crippen molar-refractivity contribution in [3.05, 3.63) is 52.6 Å². The molecule has 120 valence electrons. The Labute approximate surface area is 135 Å². The second-order valence-corrected chi connectivity index (χ2v) is 5.51. The van der Waals surface area contributed by atoms with Gasteiger partial charge in [0.15, 0.2) is 11.5 Å². The second-order valence-electron chi connectivity index (χ2n) is 5.51. The van der Waals surface area contributed by atoms with Crippen LogP contribution in [0.25, 0.3) is 0 Å². The van der Waals surface area contributed by atoms with E-state index in [1.165, 1.54) is 19.8 Å². The maximum Gasteiger partial charge on any atom is 0.344 e. The molecular weight excluding hydrogens is 294 g/mol. The number of hydrogen-bond acceptors (Lipinski definition) is 5. The highest BCUT2D eigenvalue weighted by Crippen LogP contribution is 2.42. The fraction of sp³-hybridized carbons (Fsp3) is 0.278. The van der Waals surface area contributed by atoms with Gasteiger partial charge in [0, 0.05) is 11.3 Å². The molecule has 1 atom stereocenters. The number of fused-ring (bicyclic) bond motifs is 1. The average molecular weight is 313 g/mol. The number of carbonyl (C=O) groups excluding carboxylic acids is 1. The van der Waals surface area contributed by atoms with E-state index in [1.54, 1.807) is 6.07 Å². The summed E-state index contributed by atoms with van der Waals surface area (Å²) in [6.45, 7) is 4.06. The van der Waals surface area contributed by atoms with Crippen molar-refractivity contribution in [3.63, 3.8) is 0 Å². The van der Waals surface area contributed by atoms with Crippen LogP contribution < -0.4 is 14.8 Å². The van der Waals surface area contributed by atoms with Gasteiger partial charge in [0.05, 0.1) is 14.2 Å². The monoisotopic (exact) mass is 313 g/mol. The van der Waals surface area contributed by atoms with E-state index in [-0.39, 0.29) is 0 Å². The smallest absolute Gasteiger partial charge is 0.344 e. The van der Waals surface area contributed by atoms with Gasteiger partial charge in [0.1, 0.15) is 5.56 Å². The van der Waals surface area contributed by atoms with Gasteiger partial charge in [0.25, 0.3) is 0 Å². The van der Waals surface area contributed by atoms with Crippen LogP contribution in [0.3, 0.4) is 0 Å². The number of rotatable bonds is 4. The highest BCUT2D eigenvalue weighted by molar-refractivity contribution is 5.98. The molecule has 23 heavy (non-hydrogen) atoms. The van der Waals surface area contributed by atoms with Gasteiger partial charge >= 0.3 is 5.97 Å². The normalized spacial score (nSPS) is 15.8. The summed E-state index contributed by atoms with van der Waals surface area (Å²) in [6.07, 6.45) is -0.543. The molecule has 2 aromatic rings. The van der Waals surface area contributed by atoms with Crippen molar-refractivity contribution in [2.24, 2.45) is 0 Å². The van der Waals surface area contributed by atoms with E-state index in [2.05, 4.69) is 11.4 Å². The maximum atomic E-state index is 12.3. The Morgan fingerprint density at radius 2 is 1.87 bits per heavy atom. The summed E-state index contributed by atoms with van der Waals surface area (Å²) >= 11 is 0. The Hall–Kier alpha value is -2.69. The zero-order valence-corrected chi connectivity index (χ0v) is 13.6. The Bertz CT molecular complexity index is 770. The molecule has 1 heterocycles. The first kappa shape index (κ1) is 15.2. The number of aryl methyl sites for hydroxylation is 2. The summed E-state index contributed by atoms with van der Waals surface area (Å²) in [6, 6.07) is 9.67. The van der Waals surface area contributed by atoms with E-state index >= 15 is 0 Å². The molecule has 0 amide bonds. The molecule has 5 heteroatoms. The molecular formula is C18H19NO4. The van der Waals surface area contributed by atoms with Gasteiger partial charge in [0.2, 0.25) is 6.23 Å². The fourth-order valence-electron chi connectivity index (χ4n) is 2.82. The minimum atomic E-state index is -0.543. The van der Waals surface area contributed by atoms with E-state index in [1.807, 2.05) is 32.0 Å². The third kappa shape index (κ3) is 2.59. The number of methoxy groups -OCH3 is 2. The molecule has 0 aliphatic carbocycles. The third-order valence-electron chi connectivity index (χ3n) is 3.96. The van der Waals surface area contributed by atoms with E-state index < -0.39 is 12.2 Å². The summed E-state index contributed by atoms with van der Waals surface area (Å²) in [5, 5.41) is 3.27. The first-order chi connectivity index (χ1) is 11.0. The van der Waals surface area contributed by atoms with Crippen LogP contribution in [0, 0.1) is 13.8 Å². The number of esters is 1. The summed E-state index contributed by atoms with van der Waals surface area (Å²) in [5.74, 6) is 0.494. The zero-order valence-electron chi connectivity index (χ0n) is 13.6. The lowest BCUT2D eigenvalue weighted by Gasteiger charge is -2.17. The SMILES string of the molecule is COc1ccc2c(c1OC)C(=O)O[C@H]2Nc1ccc(C)cc1C. The summed E-state index contributed by atoms with van der Waals surface area (Å²) in [5.41, 5.74) is 4.36. The Morgan fingerprint density at radius 1 is 1.09 bits per heavy atom. The molecule has 5 nitrogen and oxygen atoms in total. The van der Waals surface area contributed by atoms with Crippen molar-refractivity contribution >= 4 is 11.7 Å². The van der Waals surface area contributed by atoms with Gasteiger partial charge in [-0.1, -0.05) is 17.7 Å². The molecule has 1 aliphatic heterocycles. The van der Waals surface area contributed by atoms with E-state index in [4.69, 9.17) is 14.2 Å². The molecule has 3 rings (SSSR count). The summed E-state index contributed by atoms with van der Waals surface area (Å²) in [7, 11) is 3.05. The van der Waals surface area contributed by atoms with Gasteiger partial charge in [-0.25, -0.2) is 4.79 Å². The van der Waals surface area contributed by atoms with Crippen LogP contribution in [0.5, 0.6) is 11.5 Å². The number of ether oxygens (including phenoxy) is 3. The molecule has 0 aromatic heterocycles. The molecule has 0 saturated carbocycles. The first-order valence-electron chi connectivity index (χ1n) is 7.34. The lowest BCUT2D eigenvalue weighted by atomic mass is 10.1. The second kappa shape index (κ2) is 5.83. The predicted molar refractivity (Wildman–Crippen MR) is 87.2 cm³/mol. The van der Waals surface area contributed by atoms with Crippen LogP contribution >= 0.6 is 0 Å². The number of benzene rings is 2. The quantitative estimate of drug-likeness (QED) is 0.874. The van der Waals surface area contributed by atoms with Gasteiger partial charge in [-0.2, -0.15) is 0 Å². The molecule has 0 spiro atoms. The summed E-state index contributed by atoms with van der Waals surface area (Å²) < 4.78 is 16.1. The molecule has 0 radical (unpaired) electrons. The Kier molecular flexibility index (Phi) is 3.86. The average Bonchev–Trinajstić information content (AvgIpc) is 2.85. The minimum absolute atomic E-state index is 0.403. The van der Waals surface area contributed by atoms with Crippen molar-refractivity contribution in [1.29, 1.82) is 0 Å². The maximum absolute atomic E-state index is 12.3. The van der Waals surface area contributed by atoms with Gasteiger partial charge in [-0.15, -0.1) is 0 Å². The van der Waals surface area contributed by atoms with Crippen LogP contribution in [-0.2, 0) is 4.74 Å². The molecule has 0 saturated heterocycles. The van der Waals surface area contributed by atoms with Gasteiger partial charge in [-0.3, -0.25) is 0 Å². The minimum Gasteiger partial charge on any atom is -0.493 e. The number of hydrogen-bond donors (Lipinski definition) is 1. The molecule has 0 bridgehead atoms. The van der Waals surface area contributed by atoms with Gasteiger partial charge < -0.3 is 19.5 Å². The van der Waals surface area contributed by atoms with Crippen LogP contribution in [0.1, 0.15) is 33.3 Å². The lowest BCUT2D eigenvalue weighted by Crippen LogP contribution is -2.11. The third-order valence-corrected chi connectivity index (χ3v) is 3.96. The molecule has 0 unspecified atom stereocenters.